The lowest BCUT2D eigenvalue weighted by atomic mass is 10.0. The second-order valence-corrected chi connectivity index (χ2v) is 5.17. The Morgan fingerprint density at radius 2 is 1.94 bits per heavy atom. The highest BCUT2D eigenvalue weighted by Crippen LogP contribution is 2.28. The third kappa shape index (κ3) is 2.45. The summed E-state index contributed by atoms with van der Waals surface area (Å²) in [4.78, 5) is 11.6. The summed E-state index contributed by atoms with van der Waals surface area (Å²) in [5.74, 6) is 0.305. The number of carbonyl (C=O) groups is 1. The molecule has 0 aromatic heterocycles. The van der Waals surface area contributed by atoms with Gasteiger partial charge >= 0.3 is 0 Å². The summed E-state index contributed by atoms with van der Waals surface area (Å²) < 4.78 is 0. The van der Waals surface area contributed by atoms with E-state index in [4.69, 9.17) is 0 Å². The Morgan fingerprint density at radius 1 is 1.17 bits per heavy atom. The molecule has 1 amide bonds. The van der Waals surface area contributed by atoms with Gasteiger partial charge in [0.1, 0.15) is 0 Å². The van der Waals surface area contributed by atoms with Crippen LogP contribution >= 0.6 is 0 Å². The lowest BCUT2D eigenvalue weighted by Gasteiger charge is -2.07. The summed E-state index contributed by atoms with van der Waals surface area (Å²) in [5, 5.41) is 4.36. The Labute approximate surface area is 107 Å². The van der Waals surface area contributed by atoms with Crippen LogP contribution in [0.15, 0.2) is 29.4 Å². The van der Waals surface area contributed by atoms with E-state index >= 15 is 0 Å². The molecule has 0 aliphatic heterocycles. The van der Waals surface area contributed by atoms with Gasteiger partial charge in [-0.3, -0.25) is 4.79 Å². The van der Waals surface area contributed by atoms with E-state index in [0.29, 0.717) is 0 Å². The summed E-state index contributed by atoms with van der Waals surface area (Å²) >= 11 is 0. The molecular formula is C15H18N2O. The maximum atomic E-state index is 11.6. The van der Waals surface area contributed by atoms with Crippen LogP contribution in [0.4, 0.5) is 0 Å². The third-order valence-electron chi connectivity index (χ3n) is 3.69. The lowest BCUT2D eigenvalue weighted by Crippen LogP contribution is -2.21. The van der Waals surface area contributed by atoms with Crippen LogP contribution in [-0.4, -0.2) is 11.6 Å². The van der Waals surface area contributed by atoms with Crippen molar-refractivity contribution in [1.82, 2.24) is 5.43 Å². The largest absolute Gasteiger partial charge is 0.273 e. The topological polar surface area (TPSA) is 41.5 Å². The molecule has 0 atom stereocenters. The van der Waals surface area contributed by atoms with Crippen molar-refractivity contribution in [2.45, 2.75) is 38.5 Å². The normalized spacial score (nSPS) is 21.2. The summed E-state index contributed by atoms with van der Waals surface area (Å²) in [6.07, 6.45) is 6.47. The zero-order chi connectivity index (χ0) is 12.4. The number of hydrogen-bond acceptors (Lipinski definition) is 2. The molecule has 1 saturated carbocycles. The number of benzene rings is 1. The second kappa shape index (κ2) is 4.92. The van der Waals surface area contributed by atoms with Crippen LogP contribution in [0.3, 0.4) is 0 Å². The maximum Gasteiger partial charge on any atom is 0.243 e. The standard InChI is InChI=1S/C15H18N2O/c18-15(12-9-10-12)17-16-14-8-4-2-6-11-5-1-3-7-13(11)14/h1,3,5,7,12H,2,4,6,8-10H2,(H,17,18). The first kappa shape index (κ1) is 11.5. The number of hydrogen-bond donors (Lipinski definition) is 1. The average Bonchev–Trinajstić information content (AvgIpc) is 3.23. The fraction of sp³-hybridized carbons (Fsp3) is 0.467. The van der Waals surface area contributed by atoms with Crippen molar-refractivity contribution in [2.24, 2.45) is 11.0 Å². The number of rotatable bonds is 2. The summed E-state index contributed by atoms with van der Waals surface area (Å²) in [6.45, 7) is 0. The van der Waals surface area contributed by atoms with Crippen LogP contribution in [0.1, 0.15) is 43.2 Å². The van der Waals surface area contributed by atoms with Crippen LogP contribution in [0.5, 0.6) is 0 Å². The van der Waals surface area contributed by atoms with Gasteiger partial charge < -0.3 is 0 Å². The SMILES string of the molecule is O=C(NN=C1CCCCc2ccccc21)C1CC1. The van der Waals surface area contributed by atoms with Crippen molar-refractivity contribution < 1.29 is 4.79 Å². The molecule has 2 aliphatic rings. The van der Waals surface area contributed by atoms with Crippen LogP contribution in [0, 0.1) is 5.92 Å². The smallest absolute Gasteiger partial charge is 0.243 e. The minimum absolute atomic E-state index is 0.0872. The van der Waals surface area contributed by atoms with E-state index in [-0.39, 0.29) is 11.8 Å². The Balaban J connectivity index is 1.81. The van der Waals surface area contributed by atoms with Gasteiger partial charge in [-0.05, 0) is 44.1 Å². The summed E-state index contributed by atoms with van der Waals surface area (Å²) in [6, 6.07) is 8.40. The van der Waals surface area contributed by atoms with Gasteiger partial charge in [0.15, 0.2) is 0 Å². The van der Waals surface area contributed by atoms with Crippen molar-refractivity contribution in [1.29, 1.82) is 0 Å². The molecule has 0 unspecified atom stereocenters. The second-order valence-electron chi connectivity index (χ2n) is 5.17. The zero-order valence-electron chi connectivity index (χ0n) is 10.5. The molecule has 3 rings (SSSR count). The van der Waals surface area contributed by atoms with E-state index in [0.717, 1.165) is 37.8 Å². The predicted octanol–water partition coefficient (Wildman–Crippen LogP) is 2.64. The molecule has 1 N–H and O–H groups in total. The first-order chi connectivity index (χ1) is 8.84. The number of nitrogens with zero attached hydrogens (tertiary/aromatic N) is 1. The number of amides is 1. The molecule has 0 saturated heterocycles. The third-order valence-corrected chi connectivity index (χ3v) is 3.69. The highest BCUT2D eigenvalue weighted by atomic mass is 16.2. The van der Waals surface area contributed by atoms with Crippen LogP contribution in [0.25, 0.3) is 0 Å². The molecule has 94 valence electrons. The quantitative estimate of drug-likeness (QED) is 0.628. The molecule has 3 nitrogen and oxygen atoms in total. The average molecular weight is 242 g/mol. The highest BCUT2D eigenvalue weighted by Gasteiger charge is 2.29. The van der Waals surface area contributed by atoms with Crippen LogP contribution < -0.4 is 5.43 Å². The van der Waals surface area contributed by atoms with Gasteiger partial charge in [-0.1, -0.05) is 24.3 Å². The molecule has 1 fully saturated rings. The number of carbonyl (C=O) groups excluding carboxylic acids is 1. The fourth-order valence-corrected chi connectivity index (χ4v) is 2.44. The van der Waals surface area contributed by atoms with E-state index in [1.165, 1.54) is 17.5 Å². The maximum absolute atomic E-state index is 11.6. The molecule has 0 radical (unpaired) electrons. The van der Waals surface area contributed by atoms with Gasteiger partial charge in [0.05, 0.1) is 5.71 Å². The molecule has 18 heavy (non-hydrogen) atoms. The van der Waals surface area contributed by atoms with Crippen molar-refractivity contribution in [3.8, 4) is 0 Å². The van der Waals surface area contributed by atoms with Gasteiger partial charge in [-0.2, -0.15) is 5.10 Å². The fourth-order valence-electron chi connectivity index (χ4n) is 2.44. The number of hydrazone groups is 1. The van der Waals surface area contributed by atoms with Crippen molar-refractivity contribution in [3.05, 3.63) is 35.4 Å². The molecule has 1 aromatic rings. The van der Waals surface area contributed by atoms with Gasteiger partial charge in [0.2, 0.25) is 5.91 Å². The Hall–Kier alpha value is -1.64. The summed E-state index contributed by atoms with van der Waals surface area (Å²) in [7, 11) is 0. The van der Waals surface area contributed by atoms with E-state index < -0.39 is 0 Å². The minimum Gasteiger partial charge on any atom is -0.273 e. The Morgan fingerprint density at radius 3 is 2.78 bits per heavy atom. The van der Waals surface area contributed by atoms with Gasteiger partial charge in [-0.15, -0.1) is 0 Å². The molecule has 2 aliphatic carbocycles. The first-order valence-electron chi connectivity index (χ1n) is 6.79. The molecule has 0 spiro atoms. The molecular weight excluding hydrogens is 224 g/mol. The van der Waals surface area contributed by atoms with E-state index in [1.54, 1.807) is 0 Å². The van der Waals surface area contributed by atoms with Crippen LogP contribution in [0.2, 0.25) is 0 Å². The number of nitrogens with one attached hydrogen (secondary N) is 1. The van der Waals surface area contributed by atoms with Gasteiger partial charge in [0.25, 0.3) is 0 Å². The number of aryl methyl sites for hydroxylation is 1. The van der Waals surface area contributed by atoms with Crippen LogP contribution in [-0.2, 0) is 11.2 Å². The predicted molar refractivity (Wildman–Crippen MR) is 71.4 cm³/mol. The molecule has 1 aromatic carbocycles. The minimum atomic E-state index is 0.0872. The van der Waals surface area contributed by atoms with Crippen molar-refractivity contribution >= 4 is 11.6 Å². The van der Waals surface area contributed by atoms with Crippen molar-refractivity contribution in [3.63, 3.8) is 0 Å². The molecule has 0 heterocycles. The van der Waals surface area contributed by atoms with E-state index in [9.17, 15) is 4.79 Å². The van der Waals surface area contributed by atoms with Gasteiger partial charge in [0, 0.05) is 11.5 Å². The van der Waals surface area contributed by atoms with E-state index in [1.807, 2.05) is 6.07 Å². The number of fused-ring (bicyclic) bond motifs is 1. The highest BCUT2D eigenvalue weighted by molar-refractivity contribution is 6.02. The Kier molecular flexibility index (Phi) is 3.13. The monoisotopic (exact) mass is 242 g/mol. The Bertz CT molecular complexity index is 489. The molecule has 3 heteroatoms. The zero-order valence-corrected chi connectivity index (χ0v) is 10.5. The van der Waals surface area contributed by atoms with E-state index in [2.05, 4.69) is 28.7 Å². The lowest BCUT2D eigenvalue weighted by molar-refractivity contribution is -0.122. The van der Waals surface area contributed by atoms with Crippen molar-refractivity contribution in [2.75, 3.05) is 0 Å². The van der Waals surface area contributed by atoms with Gasteiger partial charge in [-0.25, -0.2) is 5.43 Å². The molecule has 0 bridgehead atoms. The summed E-state index contributed by atoms with van der Waals surface area (Å²) in [5.41, 5.74) is 6.34. The first-order valence-corrected chi connectivity index (χ1v) is 6.79.